The third-order valence-electron chi connectivity index (χ3n) is 5.03. The Morgan fingerprint density at radius 1 is 1.14 bits per heavy atom. The van der Waals surface area contributed by atoms with Crippen molar-refractivity contribution in [1.29, 1.82) is 5.26 Å². The summed E-state index contributed by atoms with van der Waals surface area (Å²) in [6, 6.07) is 16.2. The van der Waals surface area contributed by atoms with Crippen molar-refractivity contribution in [2.24, 2.45) is 0 Å². The van der Waals surface area contributed by atoms with Crippen molar-refractivity contribution >= 4 is 16.1 Å². The van der Waals surface area contributed by atoms with E-state index in [0.717, 1.165) is 9.87 Å². The Hall–Kier alpha value is -3.13. The van der Waals surface area contributed by atoms with E-state index in [0.29, 0.717) is 5.75 Å². The van der Waals surface area contributed by atoms with Crippen LogP contribution >= 0.6 is 0 Å². The van der Waals surface area contributed by atoms with Crippen LogP contribution in [0.4, 0.5) is 4.79 Å². The fraction of sp³-hybridized carbons (Fsp3) is 0.440. The van der Waals surface area contributed by atoms with Gasteiger partial charge in [-0.15, -0.1) is 0 Å². The number of aliphatic hydroxyl groups excluding tert-OH is 1. The molecule has 0 bridgehead atoms. The molecule has 9 nitrogen and oxygen atoms in total. The number of nitriles is 1. The van der Waals surface area contributed by atoms with Gasteiger partial charge in [0.25, 0.3) is 0 Å². The fourth-order valence-corrected chi connectivity index (χ4v) is 4.79. The highest BCUT2D eigenvalue weighted by molar-refractivity contribution is 7.89. The van der Waals surface area contributed by atoms with Crippen LogP contribution in [-0.4, -0.2) is 61.9 Å². The Balaban J connectivity index is 2.30. The van der Waals surface area contributed by atoms with E-state index in [9.17, 15) is 18.3 Å². The molecule has 0 aromatic heterocycles. The molecule has 0 unspecified atom stereocenters. The molecule has 0 aliphatic heterocycles. The van der Waals surface area contributed by atoms with Crippen LogP contribution in [-0.2, 0) is 21.2 Å². The first-order chi connectivity index (χ1) is 16.5. The molecule has 0 aliphatic carbocycles. The van der Waals surface area contributed by atoms with E-state index in [-0.39, 0.29) is 30.8 Å². The van der Waals surface area contributed by atoms with Gasteiger partial charge in [0.1, 0.15) is 11.4 Å². The number of carbonyl (C=O) groups excluding carboxylic acids is 1. The number of methoxy groups -OCH3 is 1. The number of sulfonamides is 1. The van der Waals surface area contributed by atoms with Gasteiger partial charge in [0.05, 0.1) is 30.2 Å². The minimum Gasteiger partial charge on any atom is -0.497 e. The zero-order valence-corrected chi connectivity index (χ0v) is 21.3. The van der Waals surface area contributed by atoms with Crippen LogP contribution in [0.5, 0.6) is 5.75 Å². The number of carbonyl (C=O) groups is 1. The molecule has 2 N–H and O–H groups in total. The van der Waals surface area contributed by atoms with Crippen LogP contribution in [0.3, 0.4) is 0 Å². The highest BCUT2D eigenvalue weighted by atomic mass is 32.2. The van der Waals surface area contributed by atoms with E-state index >= 15 is 0 Å². The minimum atomic E-state index is -4.03. The second-order valence-electron chi connectivity index (χ2n) is 8.96. The van der Waals surface area contributed by atoms with Crippen LogP contribution in [0.25, 0.3) is 0 Å². The first kappa shape index (κ1) is 28.1. The smallest absolute Gasteiger partial charge is 0.407 e. The summed E-state index contributed by atoms with van der Waals surface area (Å²) in [5, 5.41) is 22.8. The van der Waals surface area contributed by atoms with Crippen LogP contribution in [0.2, 0.25) is 0 Å². The van der Waals surface area contributed by atoms with Gasteiger partial charge in [-0.2, -0.15) is 9.57 Å². The molecule has 35 heavy (non-hydrogen) atoms. The highest BCUT2D eigenvalue weighted by Gasteiger charge is 2.31. The van der Waals surface area contributed by atoms with Gasteiger partial charge in [-0.3, -0.25) is 0 Å². The summed E-state index contributed by atoms with van der Waals surface area (Å²) >= 11 is 0. The van der Waals surface area contributed by atoms with Gasteiger partial charge in [-0.1, -0.05) is 30.3 Å². The fourth-order valence-electron chi connectivity index (χ4n) is 3.33. The molecule has 0 radical (unpaired) electrons. The lowest BCUT2D eigenvalue weighted by Gasteiger charge is -2.30. The monoisotopic (exact) mass is 503 g/mol. The van der Waals surface area contributed by atoms with Gasteiger partial charge in [0, 0.05) is 19.5 Å². The van der Waals surface area contributed by atoms with E-state index in [1.54, 1.807) is 20.8 Å². The number of ether oxygens (including phenoxy) is 2. The molecule has 0 heterocycles. The molecular weight excluding hydrogens is 470 g/mol. The number of nitrogens with one attached hydrogen (secondary N) is 1. The lowest BCUT2D eigenvalue weighted by atomic mass is 10.0. The molecule has 190 valence electrons. The van der Waals surface area contributed by atoms with Gasteiger partial charge >= 0.3 is 6.09 Å². The lowest BCUT2D eigenvalue weighted by Crippen LogP contribution is -2.51. The number of alkyl carbamates (subject to hydrolysis) is 1. The van der Waals surface area contributed by atoms with Crippen molar-refractivity contribution in [3.8, 4) is 11.8 Å². The molecule has 0 spiro atoms. The number of benzene rings is 2. The zero-order chi connectivity index (χ0) is 26.1. The Labute approximate surface area is 207 Å². The number of nitrogens with zero attached hydrogens (tertiary/aromatic N) is 2. The van der Waals surface area contributed by atoms with E-state index in [1.807, 2.05) is 36.4 Å². The largest absolute Gasteiger partial charge is 0.497 e. The molecule has 0 saturated heterocycles. The lowest BCUT2D eigenvalue weighted by molar-refractivity contribution is 0.0403. The number of amides is 1. The average Bonchev–Trinajstić information content (AvgIpc) is 2.80. The van der Waals surface area contributed by atoms with Crippen molar-refractivity contribution in [3.63, 3.8) is 0 Å². The molecule has 0 fully saturated rings. The summed E-state index contributed by atoms with van der Waals surface area (Å²) in [5.41, 5.74) is 0.0947. The van der Waals surface area contributed by atoms with Crippen LogP contribution in [0, 0.1) is 11.3 Å². The van der Waals surface area contributed by atoms with Crippen LogP contribution in [0.1, 0.15) is 32.8 Å². The number of rotatable bonds is 11. The van der Waals surface area contributed by atoms with Crippen molar-refractivity contribution in [2.45, 2.75) is 56.3 Å². The molecule has 1 amide bonds. The first-order valence-corrected chi connectivity index (χ1v) is 12.6. The van der Waals surface area contributed by atoms with Crippen molar-refractivity contribution in [3.05, 3.63) is 60.2 Å². The predicted octanol–water partition coefficient (Wildman–Crippen LogP) is 3.10. The Bertz CT molecular complexity index is 1090. The summed E-state index contributed by atoms with van der Waals surface area (Å²) < 4.78 is 38.1. The summed E-state index contributed by atoms with van der Waals surface area (Å²) in [5.74, 6) is 0.497. The third-order valence-corrected chi connectivity index (χ3v) is 6.91. The number of aliphatic hydroxyl groups is 1. The second-order valence-corrected chi connectivity index (χ2v) is 10.9. The second kappa shape index (κ2) is 12.5. The summed E-state index contributed by atoms with van der Waals surface area (Å²) in [7, 11) is -2.56. The minimum absolute atomic E-state index is 0.00292. The van der Waals surface area contributed by atoms with Gasteiger partial charge < -0.3 is 19.9 Å². The Morgan fingerprint density at radius 3 is 2.31 bits per heavy atom. The highest BCUT2D eigenvalue weighted by Crippen LogP contribution is 2.21. The van der Waals surface area contributed by atoms with Gasteiger partial charge in [0.2, 0.25) is 10.0 Å². The van der Waals surface area contributed by atoms with E-state index in [1.165, 1.54) is 31.4 Å². The van der Waals surface area contributed by atoms with Crippen molar-refractivity contribution in [2.75, 3.05) is 20.2 Å². The molecule has 2 aromatic carbocycles. The summed E-state index contributed by atoms with van der Waals surface area (Å²) in [4.78, 5) is 12.5. The van der Waals surface area contributed by atoms with Crippen LogP contribution < -0.4 is 10.1 Å². The molecule has 0 saturated carbocycles. The van der Waals surface area contributed by atoms with E-state index in [2.05, 4.69) is 5.32 Å². The maximum atomic E-state index is 13.3. The standard InChI is InChI=1S/C25H33N3O6S/c1-25(2,3)34-24(30)27-22(17-19-9-6-5-7-10-19)23(29)18-28(16-8-15-26)35(31,32)21-13-11-20(33-4)12-14-21/h5-7,9-14,22-23,29H,8,16-18H2,1-4H3,(H,27,30)/t22-,23+/m0/s1. The molecular formula is C25H33N3O6S. The molecule has 2 aromatic rings. The zero-order valence-electron chi connectivity index (χ0n) is 20.5. The predicted molar refractivity (Wildman–Crippen MR) is 131 cm³/mol. The third kappa shape index (κ3) is 8.87. The van der Waals surface area contributed by atoms with Crippen molar-refractivity contribution in [1.82, 2.24) is 9.62 Å². The number of hydrogen-bond donors (Lipinski definition) is 2. The normalized spacial score (nSPS) is 13.5. The van der Waals surface area contributed by atoms with Gasteiger partial charge in [-0.25, -0.2) is 13.2 Å². The quantitative estimate of drug-likeness (QED) is 0.482. The molecule has 2 atom stereocenters. The summed E-state index contributed by atoms with van der Waals surface area (Å²) in [6.07, 6.45) is -1.82. The van der Waals surface area contributed by atoms with Gasteiger partial charge in [-0.05, 0) is 57.0 Å². The Kier molecular flexibility index (Phi) is 10.1. The molecule has 2 rings (SSSR count). The van der Waals surface area contributed by atoms with Crippen molar-refractivity contribution < 1.29 is 27.8 Å². The van der Waals surface area contributed by atoms with Gasteiger partial charge in [0.15, 0.2) is 0 Å². The van der Waals surface area contributed by atoms with Crippen LogP contribution in [0.15, 0.2) is 59.5 Å². The van der Waals surface area contributed by atoms with E-state index < -0.39 is 33.9 Å². The Morgan fingerprint density at radius 2 is 1.77 bits per heavy atom. The average molecular weight is 504 g/mol. The SMILES string of the molecule is COc1ccc(S(=O)(=O)N(CCC#N)C[C@@H](O)[C@H](Cc2ccccc2)NC(=O)OC(C)(C)C)cc1. The topological polar surface area (TPSA) is 129 Å². The summed E-state index contributed by atoms with van der Waals surface area (Å²) in [6.45, 7) is 4.72. The molecule has 0 aliphatic rings. The number of hydrogen-bond acceptors (Lipinski definition) is 7. The first-order valence-electron chi connectivity index (χ1n) is 11.2. The van der Waals surface area contributed by atoms with E-state index in [4.69, 9.17) is 14.7 Å². The molecule has 10 heteroatoms. The maximum Gasteiger partial charge on any atom is 0.407 e. The maximum absolute atomic E-state index is 13.3.